The molecule has 6 heteroatoms. The van der Waals surface area contributed by atoms with Crippen LogP contribution in [0.3, 0.4) is 0 Å². The van der Waals surface area contributed by atoms with Crippen LogP contribution in [0.4, 0.5) is 0 Å². The Kier molecular flexibility index (Phi) is 4.69. The SMILES string of the molecule is Cc1nsnc1C(=O)N1C[C@@H](c2ccccc2)O[C@@H](C(C)(C)C)C1. The van der Waals surface area contributed by atoms with Crippen molar-refractivity contribution in [1.29, 1.82) is 0 Å². The standard InChI is InChI=1S/C18H23N3O2S/c1-12-16(20-24-19-12)17(22)21-10-14(13-8-6-5-7-9-13)23-15(11-21)18(2,3)4/h5-9,14-15H,10-11H2,1-4H3/t14-,15+/m0/s1. The zero-order chi connectivity index (χ0) is 17.3. The number of carbonyl (C=O) groups is 1. The summed E-state index contributed by atoms with van der Waals surface area (Å²) < 4.78 is 14.6. The third-order valence-corrected chi connectivity index (χ3v) is 5.00. The number of ether oxygens (including phenoxy) is 1. The monoisotopic (exact) mass is 345 g/mol. The van der Waals surface area contributed by atoms with Crippen LogP contribution in [0.5, 0.6) is 0 Å². The van der Waals surface area contributed by atoms with Crippen LogP contribution in [0.25, 0.3) is 0 Å². The van der Waals surface area contributed by atoms with Gasteiger partial charge in [0.15, 0.2) is 5.69 Å². The van der Waals surface area contributed by atoms with Crippen molar-refractivity contribution >= 4 is 17.6 Å². The van der Waals surface area contributed by atoms with Crippen LogP contribution in [-0.2, 0) is 4.74 Å². The number of rotatable bonds is 2. The molecular formula is C18H23N3O2S. The maximum atomic E-state index is 12.9. The van der Waals surface area contributed by atoms with Gasteiger partial charge in [-0.3, -0.25) is 4.79 Å². The second kappa shape index (κ2) is 6.61. The molecule has 5 nitrogen and oxygen atoms in total. The minimum Gasteiger partial charge on any atom is -0.366 e. The minimum absolute atomic E-state index is 0.0349. The van der Waals surface area contributed by atoms with Gasteiger partial charge in [-0.05, 0) is 17.9 Å². The second-order valence-corrected chi connectivity index (χ2v) is 7.83. The lowest BCUT2D eigenvalue weighted by atomic mass is 9.87. The summed E-state index contributed by atoms with van der Waals surface area (Å²) in [6.45, 7) is 9.36. The number of aromatic nitrogens is 2. The third kappa shape index (κ3) is 3.49. The largest absolute Gasteiger partial charge is 0.366 e. The van der Waals surface area contributed by atoms with Gasteiger partial charge in [0.1, 0.15) is 6.10 Å². The van der Waals surface area contributed by atoms with Crippen molar-refractivity contribution < 1.29 is 9.53 Å². The molecule has 1 aromatic heterocycles. The third-order valence-electron chi connectivity index (χ3n) is 4.38. The molecular weight excluding hydrogens is 322 g/mol. The predicted octanol–water partition coefficient (Wildman–Crippen LogP) is 3.47. The van der Waals surface area contributed by atoms with E-state index in [0.29, 0.717) is 24.5 Å². The molecule has 1 fully saturated rings. The molecule has 0 radical (unpaired) electrons. The number of hydrogen-bond donors (Lipinski definition) is 0. The summed E-state index contributed by atoms with van der Waals surface area (Å²) in [5.41, 5.74) is 2.19. The van der Waals surface area contributed by atoms with E-state index >= 15 is 0 Å². The summed E-state index contributed by atoms with van der Waals surface area (Å²) in [6.07, 6.45) is -0.160. The molecule has 2 aromatic rings. The highest BCUT2D eigenvalue weighted by Crippen LogP contribution is 2.34. The van der Waals surface area contributed by atoms with E-state index in [-0.39, 0.29) is 23.5 Å². The summed E-state index contributed by atoms with van der Waals surface area (Å²) in [6, 6.07) is 10.1. The van der Waals surface area contributed by atoms with E-state index in [1.54, 1.807) is 0 Å². The Labute approximate surface area is 147 Å². The Balaban J connectivity index is 1.88. The van der Waals surface area contributed by atoms with Gasteiger partial charge >= 0.3 is 0 Å². The Hall–Kier alpha value is -1.79. The zero-order valence-corrected chi connectivity index (χ0v) is 15.3. The van der Waals surface area contributed by atoms with Crippen molar-refractivity contribution in [3.05, 3.63) is 47.3 Å². The molecule has 1 amide bonds. The molecule has 0 N–H and O–H groups in total. The zero-order valence-electron chi connectivity index (χ0n) is 14.5. The Morgan fingerprint density at radius 2 is 1.92 bits per heavy atom. The Morgan fingerprint density at radius 1 is 1.21 bits per heavy atom. The highest BCUT2D eigenvalue weighted by Gasteiger charge is 2.38. The molecule has 1 aromatic carbocycles. The fourth-order valence-corrected chi connectivity index (χ4v) is 3.37. The normalized spacial score (nSPS) is 21.8. The lowest BCUT2D eigenvalue weighted by Crippen LogP contribution is -2.51. The van der Waals surface area contributed by atoms with E-state index in [2.05, 4.69) is 29.5 Å². The Bertz CT molecular complexity index is 709. The van der Waals surface area contributed by atoms with Crippen molar-refractivity contribution in [2.24, 2.45) is 5.41 Å². The van der Waals surface area contributed by atoms with E-state index in [9.17, 15) is 4.79 Å². The van der Waals surface area contributed by atoms with Gasteiger partial charge in [0, 0.05) is 6.54 Å². The summed E-state index contributed by atoms with van der Waals surface area (Å²) in [7, 11) is 0. The lowest BCUT2D eigenvalue weighted by Gasteiger charge is -2.43. The summed E-state index contributed by atoms with van der Waals surface area (Å²) in [5, 5.41) is 0. The van der Waals surface area contributed by atoms with E-state index in [1.807, 2.05) is 42.2 Å². The first-order valence-electron chi connectivity index (χ1n) is 8.15. The topological polar surface area (TPSA) is 55.3 Å². The van der Waals surface area contributed by atoms with Crippen LogP contribution in [0.2, 0.25) is 0 Å². The van der Waals surface area contributed by atoms with E-state index in [0.717, 1.165) is 17.3 Å². The van der Waals surface area contributed by atoms with Crippen LogP contribution < -0.4 is 0 Å². The summed E-state index contributed by atoms with van der Waals surface area (Å²) in [5.74, 6) is -0.0558. The number of benzene rings is 1. The number of carbonyl (C=O) groups excluding carboxylic acids is 1. The van der Waals surface area contributed by atoms with Crippen LogP contribution in [0, 0.1) is 12.3 Å². The molecule has 0 aliphatic carbocycles. The van der Waals surface area contributed by atoms with Gasteiger partial charge in [-0.25, -0.2) is 0 Å². The van der Waals surface area contributed by atoms with Crippen LogP contribution in [0.15, 0.2) is 30.3 Å². The van der Waals surface area contributed by atoms with Crippen molar-refractivity contribution in [2.45, 2.75) is 39.9 Å². The van der Waals surface area contributed by atoms with Gasteiger partial charge in [-0.2, -0.15) is 8.75 Å². The quantitative estimate of drug-likeness (QED) is 0.836. The van der Waals surface area contributed by atoms with Crippen molar-refractivity contribution in [3.8, 4) is 0 Å². The van der Waals surface area contributed by atoms with Crippen molar-refractivity contribution in [3.63, 3.8) is 0 Å². The van der Waals surface area contributed by atoms with E-state index in [1.165, 1.54) is 0 Å². The first kappa shape index (κ1) is 17.0. The molecule has 0 saturated carbocycles. The predicted molar refractivity (Wildman–Crippen MR) is 94.1 cm³/mol. The van der Waals surface area contributed by atoms with E-state index in [4.69, 9.17) is 4.74 Å². The molecule has 3 rings (SSSR count). The maximum absolute atomic E-state index is 12.9. The average molecular weight is 345 g/mol. The van der Waals surface area contributed by atoms with Crippen LogP contribution in [-0.4, -0.2) is 38.7 Å². The Morgan fingerprint density at radius 3 is 2.50 bits per heavy atom. The first-order valence-corrected chi connectivity index (χ1v) is 8.88. The second-order valence-electron chi connectivity index (χ2n) is 7.30. The minimum atomic E-state index is -0.125. The molecule has 24 heavy (non-hydrogen) atoms. The summed E-state index contributed by atoms with van der Waals surface area (Å²) in [4.78, 5) is 14.8. The van der Waals surface area contributed by atoms with Gasteiger partial charge in [-0.1, -0.05) is 51.1 Å². The molecule has 1 aliphatic rings. The average Bonchev–Trinajstić information content (AvgIpc) is 3.00. The van der Waals surface area contributed by atoms with Gasteiger partial charge < -0.3 is 9.64 Å². The number of aryl methyl sites for hydroxylation is 1. The molecule has 1 aliphatic heterocycles. The van der Waals surface area contributed by atoms with Gasteiger partial charge in [-0.15, -0.1) is 0 Å². The highest BCUT2D eigenvalue weighted by molar-refractivity contribution is 6.99. The molecule has 0 spiro atoms. The number of morpholine rings is 1. The number of amides is 1. The van der Waals surface area contributed by atoms with E-state index < -0.39 is 0 Å². The number of hydrogen-bond acceptors (Lipinski definition) is 5. The van der Waals surface area contributed by atoms with Gasteiger partial charge in [0.25, 0.3) is 5.91 Å². The highest BCUT2D eigenvalue weighted by atomic mass is 32.1. The number of nitrogens with zero attached hydrogens (tertiary/aromatic N) is 3. The van der Waals surface area contributed by atoms with Gasteiger partial charge in [0.2, 0.25) is 0 Å². The fraction of sp³-hybridized carbons (Fsp3) is 0.500. The lowest BCUT2D eigenvalue weighted by molar-refractivity contribution is -0.119. The van der Waals surface area contributed by atoms with Crippen molar-refractivity contribution in [2.75, 3.05) is 13.1 Å². The van der Waals surface area contributed by atoms with Crippen LogP contribution >= 0.6 is 11.7 Å². The fourth-order valence-electron chi connectivity index (χ4n) is 2.83. The molecule has 0 unspecified atom stereocenters. The molecule has 0 bridgehead atoms. The molecule has 2 atom stereocenters. The molecule has 128 valence electrons. The molecule has 1 saturated heterocycles. The smallest absolute Gasteiger partial charge is 0.275 e. The van der Waals surface area contributed by atoms with Crippen molar-refractivity contribution in [1.82, 2.24) is 13.6 Å². The first-order chi connectivity index (χ1) is 11.4. The maximum Gasteiger partial charge on any atom is 0.275 e. The van der Waals surface area contributed by atoms with Gasteiger partial charge in [0.05, 0.1) is 30.1 Å². The van der Waals surface area contributed by atoms with Crippen LogP contribution in [0.1, 0.15) is 48.6 Å². The molecule has 2 heterocycles. The summed E-state index contributed by atoms with van der Waals surface area (Å²) >= 11 is 1.08.